The number of rotatable bonds is 6. The maximum absolute atomic E-state index is 10.2. The number of aliphatic hydroxyl groups is 1. The third-order valence-electron chi connectivity index (χ3n) is 1.52. The average Bonchev–Trinajstić information content (AvgIpc) is 1.84. The van der Waals surface area contributed by atoms with Gasteiger partial charge in [0.15, 0.2) is 0 Å². The molecule has 4 nitrogen and oxygen atoms in total. The van der Waals surface area contributed by atoms with Crippen molar-refractivity contribution in [1.82, 2.24) is 0 Å². The first-order chi connectivity index (χ1) is 5.48. The Labute approximate surface area is 72.2 Å². The van der Waals surface area contributed by atoms with E-state index in [2.05, 4.69) is 0 Å². The van der Waals surface area contributed by atoms with E-state index in [1.165, 1.54) is 6.92 Å². The molecule has 0 radical (unpaired) electrons. The first kappa shape index (κ1) is 11.4. The summed E-state index contributed by atoms with van der Waals surface area (Å²) in [5, 5.41) is 17.9. The van der Waals surface area contributed by atoms with E-state index in [4.69, 9.17) is 9.84 Å². The number of hydrogen-bond acceptors (Lipinski definition) is 3. The van der Waals surface area contributed by atoms with Crippen LogP contribution in [0.4, 0.5) is 0 Å². The van der Waals surface area contributed by atoms with Crippen molar-refractivity contribution in [3.8, 4) is 0 Å². The van der Waals surface area contributed by atoms with Crippen molar-refractivity contribution in [3.05, 3.63) is 0 Å². The van der Waals surface area contributed by atoms with Crippen molar-refractivity contribution in [2.24, 2.45) is 0 Å². The molecule has 0 heterocycles. The molecular weight excluding hydrogens is 160 g/mol. The molecule has 0 saturated heterocycles. The van der Waals surface area contributed by atoms with Gasteiger partial charge in [-0.15, -0.1) is 0 Å². The minimum Gasteiger partial charge on any atom is -0.481 e. The van der Waals surface area contributed by atoms with Gasteiger partial charge in [-0.25, -0.2) is 0 Å². The van der Waals surface area contributed by atoms with Gasteiger partial charge in [0, 0.05) is 13.2 Å². The average molecular weight is 176 g/mol. The van der Waals surface area contributed by atoms with E-state index in [1.54, 1.807) is 0 Å². The van der Waals surface area contributed by atoms with Gasteiger partial charge >= 0.3 is 5.97 Å². The lowest BCUT2D eigenvalue weighted by Gasteiger charge is -2.20. The Bertz CT molecular complexity index is 142. The molecule has 0 saturated carbocycles. The van der Waals surface area contributed by atoms with E-state index in [-0.39, 0.29) is 6.42 Å². The van der Waals surface area contributed by atoms with Crippen LogP contribution >= 0.6 is 0 Å². The molecule has 0 amide bonds. The van der Waals surface area contributed by atoms with Crippen LogP contribution in [-0.2, 0) is 9.53 Å². The Balaban J connectivity index is 3.63. The topological polar surface area (TPSA) is 66.8 Å². The number of carbonyl (C=O) groups is 1. The summed E-state index contributed by atoms with van der Waals surface area (Å²) in [6.07, 6.45) is 0.118. The molecule has 72 valence electrons. The van der Waals surface area contributed by atoms with Crippen molar-refractivity contribution < 1.29 is 19.7 Å². The molecule has 0 aromatic heterocycles. The Kier molecular flexibility index (Phi) is 4.85. The largest absolute Gasteiger partial charge is 0.481 e. The molecule has 12 heavy (non-hydrogen) atoms. The maximum Gasteiger partial charge on any atom is 0.306 e. The maximum atomic E-state index is 10.2. The second-order valence-electron chi connectivity index (χ2n) is 3.01. The molecule has 1 atom stereocenters. The number of carboxylic acid groups (broad SMARTS) is 1. The summed E-state index contributed by atoms with van der Waals surface area (Å²) in [5.74, 6) is -0.989. The van der Waals surface area contributed by atoms with E-state index >= 15 is 0 Å². The van der Waals surface area contributed by atoms with Gasteiger partial charge in [-0.05, 0) is 20.3 Å². The van der Waals surface area contributed by atoms with Gasteiger partial charge in [-0.1, -0.05) is 0 Å². The molecule has 0 rings (SSSR count). The van der Waals surface area contributed by atoms with Crippen LogP contribution in [-0.4, -0.2) is 35.0 Å². The fraction of sp³-hybridized carbons (Fsp3) is 0.875. The summed E-state index contributed by atoms with van der Waals surface area (Å²) in [6, 6.07) is 0. The highest BCUT2D eigenvalue weighted by molar-refractivity contribution is 5.67. The highest BCUT2D eigenvalue weighted by Crippen LogP contribution is 2.13. The van der Waals surface area contributed by atoms with Crippen molar-refractivity contribution in [3.63, 3.8) is 0 Å². The summed E-state index contributed by atoms with van der Waals surface area (Å²) in [7, 11) is 0. The van der Waals surface area contributed by atoms with Crippen LogP contribution in [0, 0.1) is 0 Å². The quantitative estimate of drug-likeness (QED) is 0.583. The van der Waals surface area contributed by atoms with Gasteiger partial charge in [0.1, 0.15) is 0 Å². The highest BCUT2D eigenvalue weighted by Gasteiger charge is 2.23. The number of ether oxygens (including phenoxy) is 1. The third-order valence-corrected chi connectivity index (χ3v) is 1.52. The fourth-order valence-electron chi connectivity index (χ4n) is 0.851. The molecule has 0 fully saturated rings. The van der Waals surface area contributed by atoms with Crippen molar-refractivity contribution >= 4 is 5.97 Å². The van der Waals surface area contributed by atoms with Crippen LogP contribution in [0.2, 0.25) is 0 Å². The second kappa shape index (κ2) is 5.11. The van der Waals surface area contributed by atoms with Gasteiger partial charge in [0.2, 0.25) is 0 Å². The molecule has 0 aliphatic heterocycles. The Morgan fingerprint density at radius 3 is 2.58 bits per heavy atom. The van der Waals surface area contributed by atoms with E-state index in [0.29, 0.717) is 19.6 Å². The molecule has 2 N–H and O–H groups in total. The van der Waals surface area contributed by atoms with E-state index in [9.17, 15) is 9.90 Å². The third kappa shape index (κ3) is 6.12. The molecule has 0 aromatic carbocycles. The Hall–Kier alpha value is -0.610. The minimum absolute atomic E-state index is 0.236. The van der Waals surface area contributed by atoms with Crippen LogP contribution in [0.25, 0.3) is 0 Å². The first-order valence-corrected chi connectivity index (χ1v) is 4.00. The van der Waals surface area contributed by atoms with E-state index < -0.39 is 11.6 Å². The lowest BCUT2D eigenvalue weighted by atomic mass is 9.99. The molecule has 0 bridgehead atoms. The molecule has 0 aliphatic carbocycles. The van der Waals surface area contributed by atoms with Crippen LogP contribution in [0.5, 0.6) is 0 Å². The number of aliphatic carboxylic acids is 1. The molecule has 4 heteroatoms. The van der Waals surface area contributed by atoms with Crippen LogP contribution in [0.1, 0.15) is 26.7 Å². The zero-order valence-electron chi connectivity index (χ0n) is 7.54. The van der Waals surface area contributed by atoms with Crippen LogP contribution < -0.4 is 0 Å². The minimum atomic E-state index is -1.15. The summed E-state index contributed by atoms with van der Waals surface area (Å²) < 4.78 is 5.00. The summed E-state index contributed by atoms with van der Waals surface area (Å²) in [4.78, 5) is 10.2. The molecular formula is C8H16O4. The molecule has 0 spiro atoms. The standard InChI is InChI=1S/C8H16O4/c1-3-12-5-4-8(2,11)6-7(9)10/h11H,3-6H2,1-2H3,(H,9,10). The molecule has 0 aromatic rings. The molecule has 1 unspecified atom stereocenters. The lowest BCUT2D eigenvalue weighted by Crippen LogP contribution is -2.29. The predicted octanol–water partition coefficient (Wildman–Crippen LogP) is 0.639. The van der Waals surface area contributed by atoms with Gasteiger partial charge in [0.05, 0.1) is 12.0 Å². The normalized spacial score (nSPS) is 15.6. The summed E-state index contributed by atoms with van der Waals surface area (Å²) in [5.41, 5.74) is -1.15. The van der Waals surface area contributed by atoms with Gasteiger partial charge in [-0.2, -0.15) is 0 Å². The second-order valence-corrected chi connectivity index (χ2v) is 3.01. The summed E-state index contributed by atoms with van der Waals surface area (Å²) in [6.45, 7) is 4.34. The smallest absolute Gasteiger partial charge is 0.306 e. The molecule has 0 aliphatic rings. The fourth-order valence-corrected chi connectivity index (χ4v) is 0.851. The van der Waals surface area contributed by atoms with Crippen molar-refractivity contribution in [2.75, 3.05) is 13.2 Å². The van der Waals surface area contributed by atoms with Crippen LogP contribution in [0.15, 0.2) is 0 Å². The summed E-state index contributed by atoms with van der Waals surface area (Å²) >= 11 is 0. The Morgan fingerprint density at radius 2 is 2.17 bits per heavy atom. The van der Waals surface area contributed by atoms with Crippen LogP contribution in [0.3, 0.4) is 0 Å². The van der Waals surface area contributed by atoms with E-state index in [0.717, 1.165) is 0 Å². The SMILES string of the molecule is CCOCCC(C)(O)CC(=O)O. The van der Waals surface area contributed by atoms with Crippen molar-refractivity contribution in [2.45, 2.75) is 32.3 Å². The van der Waals surface area contributed by atoms with Gasteiger partial charge in [0.25, 0.3) is 0 Å². The zero-order chi connectivity index (χ0) is 9.61. The van der Waals surface area contributed by atoms with Crippen molar-refractivity contribution in [1.29, 1.82) is 0 Å². The van der Waals surface area contributed by atoms with Gasteiger partial charge in [-0.3, -0.25) is 4.79 Å². The first-order valence-electron chi connectivity index (χ1n) is 4.00. The lowest BCUT2D eigenvalue weighted by molar-refractivity contribution is -0.142. The number of hydrogen-bond donors (Lipinski definition) is 2. The zero-order valence-corrected chi connectivity index (χ0v) is 7.54. The predicted molar refractivity (Wildman–Crippen MR) is 44.0 cm³/mol. The number of carboxylic acids is 1. The Morgan fingerprint density at radius 1 is 1.58 bits per heavy atom. The van der Waals surface area contributed by atoms with E-state index in [1.807, 2.05) is 6.92 Å². The monoisotopic (exact) mass is 176 g/mol. The highest BCUT2D eigenvalue weighted by atomic mass is 16.5. The van der Waals surface area contributed by atoms with Gasteiger partial charge < -0.3 is 14.9 Å².